The molecule has 0 unspecified atom stereocenters. The number of aliphatic hydroxyl groups is 2. The van der Waals surface area contributed by atoms with Crippen molar-refractivity contribution < 1.29 is 90.2 Å². The highest BCUT2D eigenvalue weighted by molar-refractivity contribution is 7.86. The molecule has 8 aliphatic carbocycles. The van der Waals surface area contributed by atoms with E-state index in [4.69, 9.17) is 31.3 Å². The molecule has 13 rings (SSSR count). The van der Waals surface area contributed by atoms with Crippen LogP contribution in [0.25, 0.3) is 0 Å². The van der Waals surface area contributed by atoms with Crippen LogP contribution in [0.15, 0.2) is 83.8 Å². The summed E-state index contributed by atoms with van der Waals surface area (Å²) >= 11 is 5.29. The first-order valence-electron chi connectivity index (χ1n) is 54.3. The standard InChI is InChI=1S/C10H14.C8H10O3S.C7H14.C7H8.C7H14.2C6H13NO.C6H12O.C6H12.C5H11NO.C5H10.C5H12.C4H9ClO.C4H6F2.C4H7F.C4H9N.C4H8.2C4H10.2C3H5F3.C3H8O.C2H4F2.CH4/c1-3-9-5-7-10(4-2)8-6-9;1-7-3-5-8(6-4-7)12(9,10)11-2;2*1-7-5-3-2-4-6-7;1-2-7-5-3-4-6-7;1-6(2,3)5(8)7-4;1-5(8)7-6(2,3)4;1-6-2-4-7-5-3-6;1-6-4-2-3-5-6;1-6-2-4-7-5-3-6;1-5-3-2-4-5;1-5(2,3)4;1-4(2-5)3-6;1-3-2-4(3,5)6;1-4(5)2-3-4;1-5-4-2-3-4;1-4-2-3-4;1-4(2)3;1-3-4-2;2*1-2-3(4,5)6;1-2-3-4;1-2(3)4;/h5-8H,3-4H2,1-2H3;3-6H,1-2H3;7H,2-6H2,1H3;2-6H,1H3;7H,2-6H2,1H3;2*1-4H3,(H,7,8);6H,2-5H2,1H3;6H,2-5H2,1H3;2-5H2,1H3;5H,2-4H2,1H3;1-4H3;4,6H,2-3H2,1H3;3H,2H2,1H3;2-3H2,1H3;4-5H,2-3H2,1H3;4H,2-3H2,1H3;4H,1-3H3;3-4H2,1-2H3;2*2H2,1H3;4H,2-3H2,1H3;2H,1H3;1H4/t;;;;;;;;;;;;4-;3-;;;;;;;;;;/m............00........../s1. The monoisotopic (exact) mass is 2120 g/mol. The number of nitrogens with zero attached hydrogens (tertiary/aromatic N) is 1. The molecule has 144 heavy (non-hydrogen) atoms. The van der Waals surface area contributed by atoms with E-state index in [-0.39, 0.29) is 60.0 Å². The SMILES string of the molecule is C.CC(=O)NC(C)(C)C.CC(C)(C)C.CC(C)C.CC(F)F.CC1(F)CC1.CC1CC1.CC1CCC1.CC1CCCC1.CC1CCCCC1.CC1CCOCC1.CCC(F)(F)F.CCC(F)(F)F.CCC1CCCC1.CCCC.CCCO.CCc1ccc(CC)cc1.CN1CCOCC1.CNC(=O)C(C)(C)C.CNC1CC1.COS(=O)(=O)c1ccc(C)cc1.C[C@H](CO)CCl.C[C@H]1CC1(F)F.Cc1ccccc1. The average Bonchev–Trinajstić information content (AvgIpc) is 1.66. The van der Waals surface area contributed by atoms with Crippen LogP contribution in [0.1, 0.15) is 443 Å². The number of likely N-dealkylation sites (N-methyl/N-ethyl adjacent to an activating group) is 1. The molecule has 26 heteroatoms. The normalized spacial score (nSPS) is 17.2. The second-order valence-corrected chi connectivity index (χ2v) is 45.7. The van der Waals surface area contributed by atoms with Crippen LogP contribution in [0.3, 0.4) is 0 Å². The largest absolute Gasteiger partial charge is 0.396 e. The summed E-state index contributed by atoms with van der Waals surface area (Å²) in [6.45, 7) is 71.4. The van der Waals surface area contributed by atoms with Gasteiger partial charge in [-0.3, -0.25) is 13.8 Å². The number of alkyl halides is 12. The van der Waals surface area contributed by atoms with Gasteiger partial charge in [-0.25, -0.2) is 22.0 Å². The Balaban J connectivity index is -0.000000143. The van der Waals surface area contributed by atoms with Gasteiger partial charge in [0.2, 0.25) is 18.2 Å². The maximum atomic E-state index is 11.8. The minimum absolute atomic E-state index is 0. The quantitative estimate of drug-likeness (QED) is 0.0742. The zero-order chi connectivity index (χ0) is 113. The van der Waals surface area contributed by atoms with E-state index >= 15 is 0 Å². The number of nitrogens with one attached hydrogen (secondary N) is 3. The van der Waals surface area contributed by atoms with E-state index in [1.54, 1.807) is 33.0 Å². The zero-order valence-electron chi connectivity index (χ0n) is 98.2. The Labute approximate surface area is 886 Å². The van der Waals surface area contributed by atoms with Crippen molar-refractivity contribution in [3.05, 3.63) is 101 Å². The number of amides is 2. The summed E-state index contributed by atoms with van der Waals surface area (Å²) in [5.41, 5.74) is 4.63. The van der Waals surface area contributed by atoms with Crippen molar-refractivity contribution in [3.8, 4) is 0 Å². The molecule has 3 aromatic carbocycles. The Kier molecular flexibility index (Phi) is 113. The predicted octanol–water partition coefficient (Wildman–Crippen LogP) is 35.9. The Morgan fingerprint density at radius 3 is 0.958 bits per heavy atom. The lowest BCUT2D eigenvalue weighted by atomic mass is 9.88. The Hall–Kier alpha value is -4.21. The average molecular weight is 2120 g/mol. The molecule has 3 aromatic rings. The number of halogens is 12. The third-order valence-electron chi connectivity index (χ3n) is 21.5. The number of rotatable bonds is 10. The molecule has 0 radical (unpaired) electrons. The molecule has 10 fully saturated rings. The van der Waals surface area contributed by atoms with E-state index in [1.807, 2.05) is 87.6 Å². The smallest absolute Gasteiger partial charge is 0.388 e. The van der Waals surface area contributed by atoms with Crippen LogP contribution in [-0.2, 0) is 46.2 Å². The number of hydrogen-bond acceptors (Lipinski definition) is 11. The first-order chi connectivity index (χ1) is 66.0. The molecule has 13 nitrogen and oxygen atoms in total. The molecule has 864 valence electrons. The Bertz CT molecular complexity index is 3120. The maximum Gasteiger partial charge on any atom is 0.388 e. The van der Waals surface area contributed by atoms with Gasteiger partial charge in [0, 0.05) is 102 Å². The van der Waals surface area contributed by atoms with Crippen LogP contribution in [0.2, 0.25) is 0 Å². The molecular formula is C118H228ClF11N4O9S. The molecule has 2 saturated heterocycles. The van der Waals surface area contributed by atoms with Crippen molar-refractivity contribution in [3.63, 3.8) is 0 Å². The number of aryl methyl sites for hydroxylation is 4. The van der Waals surface area contributed by atoms with E-state index < -0.39 is 53.3 Å². The molecule has 2 amide bonds. The summed E-state index contributed by atoms with van der Waals surface area (Å²) in [6, 6.07) is 26.5. The second-order valence-electron chi connectivity index (χ2n) is 43.7. The molecule has 2 atom stereocenters. The fourth-order valence-corrected chi connectivity index (χ4v) is 11.1. The summed E-state index contributed by atoms with van der Waals surface area (Å²) in [5.74, 6) is 5.36. The fourth-order valence-electron chi connectivity index (χ4n) is 10.3. The number of carbonyl (C=O) groups excluding carboxylic acids is 2. The molecule has 0 bridgehead atoms. The summed E-state index contributed by atoms with van der Waals surface area (Å²) < 4.78 is 157. The summed E-state index contributed by atoms with van der Waals surface area (Å²) in [5, 5.41) is 24.6. The number of morpholine rings is 1. The topological polar surface area (TPSA) is 176 Å². The third kappa shape index (κ3) is 153. The minimum Gasteiger partial charge on any atom is -0.396 e. The van der Waals surface area contributed by atoms with E-state index in [1.165, 1.54) is 196 Å². The molecule has 0 spiro atoms. The minimum atomic E-state index is -3.96. The molecule has 2 heterocycles. The third-order valence-corrected chi connectivity index (χ3v) is 23.3. The van der Waals surface area contributed by atoms with Crippen molar-refractivity contribution >= 4 is 33.5 Å². The molecule has 5 N–H and O–H groups in total. The highest BCUT2D eigenvalue weighted by Gasteiger charge is 2.53. The number of unbranched alkanes of at least 4 members (excludes halogenated alkanes) is 1. The lowest BCUT2D eigenvalue weighted by Crippen LogP contribution is -2.38. The van der Waals surface area contributed by atoms with E-state index in [0.29, 0.717) is 17.9 Å². The van der Waals surface area contributed by atoms with Gasteiger partial charge >= 0.3 is 12.4 Å². The lowest BCUT2D eigenvalue weighted by molar-refractivity contribution is -0.131. The van der Waals surface area contributed by atoms with E-state index in [9.17, 15) is 66.3 Å². The molecule has 0 aromatic heterocycles. The van der Waals surface area contributed by atoms with Gasteiger partial charge in [0.05, 0.1) is 25.2 Å². The van der Waals surface area contributed by atoms with Gasteiger partial charge in [-0.15, -0.1) is 11.6 Å². The summed E-state index contributed by atoms with van der Waals surface area (Å²) in [6.07, 6.45) is 29.5. The van der Waals surface area contributed by atoms with Gasteiger partial charge < -0.3 is 40.5 Å². The second kappa shape index (κ2) is 101. The van der Waals surface area contributed by atoms with Crippen LogP contribution >= 0.6 is 11.6 Å². The van der Waals surface area contributed by atoms with Crippen molar-refractivity contribution in [2.45, 2.75) is 495 Å². The molecule has 8 saturated carbocycles. The Morgan fingerprint density at radius 2 is 0.840 bits per heavy atom. The number of benzene rings is 3. The number of hydrogen-bond donors (Lipinski definition) is 5. The van der Waals surface area contributed by atoms with Crippen molar-refractivity contribution in [2.24, 2.45) is 64.1 Å². The van der Waals surface area contributed by atoms with Gasteiger partial charge in [-0.05, 0) is 196 Å². The van der Waals surface area contributed by atoms with Gasteiger partial charge in [0.15, 0.2) is 0 Å². The predicted molar refractivity (Wildman–Crippen MR) is 601 cm³/mol. The van der Waals surface area contributed by atoms with Crippen molar-refractivity contribution in [1.82, 2.24) is 20.9 Å². The molecule has 10 aliphatic rings. The molecule has 2 aliphatic heterocycles. The number of aliphatic hydroxyl groups excluding tert-OH is 2. The van der Waals surface area contributed by atoms with Gasteiger partial charge in [0.25, 0.3) is 16.0 Å². The highest BCUT2D eigenvalue weighted by Crippen LogP contribution is 2.48. The van der Waals surface area contributed by atoms with Crippen LogP contribution in [0.5, 0.6) is 0 Å². The molecular weight excluding hydrogens is 1890 g/mol. The Morgan fingerprint density at radius 1 is 0.535 bits per heavy atom. The van der Waals surface area contributed by atoms with Crippen LogP contribution in [0, 0.1) is 77.9 Å². The fraction of sp³-hybridized carbons (Fsp3) is 0.831. The first kappa shape index (κ1) is 162. The summed E-state index contributed by atoms with van der Waals surface area (Å²) in [7, 11) is 3.40. The van der Waals surface area contributed by atoms with E-state index in [0.717, 1.165) is 153 Å². The van der Waals surface area contributed by atoms with Gasteiger partial charge in [-0.2, -0.15) is 34.8 Å². The van der Waals surface area contributed by atoms with Gasteiger partial charge in [0.1, 0.15) is 5.67 Å². The summed E-state index contributed by atoms with van der Waals surface area (Å²) in [4.78, 5) is 23.5. The van der Waals surface area contributed by atoms with E-state index in [2.05, 4.69) is 193 Å². The maximum absolute atomic E-state index is 11.8. The zero-order valence-corrected chi connectivity index (χ0v) is 99.8. The van der Waals surface area contributed by atoms with Crippen LogP contribution in [-0.4, -0.2) is 164 Å². The number of carbonyl (C=O) groups is 2. The van der Waals surface area contributed by atoms with Gasteiger partial charge in [-0.1, -0.05) is 393 Å². The highest BCUT2D eigenvalue weighted by atomic mass is 35.5. The van der Waals surface area contributed by atoms with Crippen molar-refractivity contribution in [2.75, 3.05) is 86.9 Å². The van der Waals surface area contributed by atoms with Crippen molar-refractivity contribution in [1.29, 1.82) is 0 Å². The van der Waals surface area contributed by atoms with Crippen LogP contribution < -0.4 is 16.0 Å². The van der Waals surface area contributed by atoms with Crippen LogP contribution in [0.4, 0.5) is 48.3 Å². The number of ether oxygens (including phenoxy) is 2. The first-order valence-corrected chi connectivity index (χ1v) is 56.2. The lowest BCUT2D eigenvalue weighted by Gasteiger charge is -2.21.